The summed E-state index contributed by atoms with van der Waals surface area (Å²) in [6.45, 7) is 4.14. The van der Waals surface area contributed by atoms with Gasteiger partial charge in [-0.1, -0.05) is 64.0 Å². The van der Waals surface area contributed by atoms with Gasteiger partial charge in [0.15, 0.2) is 0 Å². The Kier molecular flexibility index (Phi) is 14.5. The van der Waals surface area contributed by atoms with Gasteiger partial charge in [0.2, 0.25) is 0 Å². The highest BCUT2D eigenvalue weighted by Gasteiger charge is 1.94. The molecule has 0 unspecified atom stereocenters. The Morgan fingerprint density at radius 2 is 1.28 bits per heavy atom. The molecular formula is C17H34O. The van der Waals surface area contributed by atoms with Crippen molar-refractivity contribution >= 4 is 0 Å². The summed E-state index contributed by atoms with van der Waals surface area (Å²) in [5, 5.41) is 9.12. The molecule has 0 amide bonds. The van der Waals surface area contributed by atoms with Crippen molar-refractivity contribution in [3.05, 3.63) is 12.2 Å². The number of hydrogen-bond donors (Lipinski definition) is 1. The van der Waals surface area contributed by atoms with E-state index in [1.807, 2.05) is 6.92 Å². The molecule has 0 aliphatic carbocycles. The summed E-state index contributed by atoms with van der Waals surface area (Å²) < 4.78 is 0. The van der Waals surface area contributed by atoms with Crippen LogP contribution in [0.5, 0.6) is 0 Å². The molecular weight excluding hydrogens is 220 g/mol. The van der Waals surface area contributed by atoms with Gasteiger partial charge in [0, 0.05) is 0 Å². The van der Waals surface area contributed by atoms with Crippen molar-refractivity contribution in [1.29, 1.82) is 0 Å². The van der Waals surface area contributed by atoms with Crippen molar-refractivity contribution in [1.82, 2.24) is 0 Å². The first-order valence-electron chi connectivity index (χ1n) is 8.10. The molecule has 0 spiro atoms. The lowest BCUT2D eigenvalue weighted by atomic mass is 10.1. The summed E-state index contributed by atoms with van der Waals surface area (Å²) in [6, 6.07) is 0. The lowest BCUT2D eigenvalue weighted by molar-refractivity contribution is 0.180. The van der Waals surface area contributed by atoms with Gasteiger partial charge >= 0.3 is 0 Å². The van der Waals surface area contributed by atoms with Crippen molar-refractivity contribution < 1.29 is 5.11 Å². The van der Waals surface area contributed by atoms with Crippen molar-refractivity contribution in [3.8, 4) is 0 Å². The minimum atomic E-state index is -0.117. The first-order chi connectivity index (χ1) is 8.77. The van der Waals surface area contributed by atoms with Gasteiger partial charge in [0.05, 0.1) is 6.10 Å². The largest absolute Gasteiger partial charge is 0.393 e. The second-order valence-electron chi connectivity index (χ2n) is 5.51. The van der Waals surface area contributed by atoms with Crippen molar-refractivity contribution in [2.24, 2.45) is 0 Å². The fourth-order valence-electron chi connectivity index (χ4n) is 2.16. The van der Waals surface area contributed by atoms with Crippen LogP contribution < -0.4 is 0 Å². The summed E-state index contributed by atoms with van der Waals surface area (Å²) in [6.07, 6.45) is 20.1. The van der Waals surface area contributed by atoms with E-state index >= 15 is 0 Å². The summed E-state index contributed by atoms with van der Waals surface area (Å²) >= 11 is 0. The first-order valence-corrected chi connectivity index (χ1v) is 8.10. The number of aliphatic hydroxyl groups excluding tert-OH is 1. The van der Waals surface area contributed by atoms with Crippen LogP contribution >= 0.6 is 0 Å². The third-order valence-electron chi connectivity index (χ3n) is 3.38. The van der Waals surface area contributed by atoms with E-state index in [1.165, 1.54) is 70.6 Å². The molecule has 1 N–H and O–H groups in total. The van der Waals surface area contributed by atoms with Gasteiger partial charge in [-0.25, -0.2) is 0 Å². The van der Waals surface area contributed by atoms with E-state index in [-0.39, 0.29) is 6.10 Å². The third-order valence-corrected chi connectivity index (χ3v) is 3.38. The lowest BCUT2D eigenvalue weighted by Crippen LogP contribution is -1.97. The molecule has 108 valence electrons. The monoisotopic (exact) mass is 254 g/mol. The number of hydrogen-bond acceptors (Lipinski definition) is 1. The van der Waals surface area contributed by atoms with E-state index in [1.54, 1.807) is 0 Å². The summed E-state index contributed by atoms with van der Waals surface area (Å²) in [5.74, 6) is 0. The van der Waals surface area contributed by atoms with E-state index in [0.717, 1.165) is 6.42 Å². The molecule has 0 saturated carbocycles. The van der Waals surface area contributed by atoms with Crippen molar-refractivity contribution in [3.63, 3.8) is 0 Å². The number of aliphatic hydroxyl groups is 1. The van der Waals surface area contributed by atoms with E-state index in [4.69, 9.17) is 5.11 Å². The highest BCUT2D eigenvalue weighted by molar-refractivity contribution is 4.81. The van der Waals surface area contributed by atoms with E-state index < -0.39 is 0 Å². The molecule has 1 nitrogen and oxygen atoms in total. The molecule has 0 rings (SSSR count). The fourth-order valence-corrected chi connectivity index (χ4v) is 2.16. The average molecular weight is 254 g/mol. The van der Waals surface area contributed by atoms with Crippen LogP contribution in [0.4, 0.5) is 0 Å². The molecule has 1 atom stereocenters. The van der Waals surface area contributed by atoms with E-state index in [0.29, 0.717) is 0 Å². The van der Waals surface area contributed by atoms with Crippen LogP contribution in [0.3, 0.4) is 0 Å². The van der Waals surface area contributed by atoms with E-state index in [2.05, 4.69) is 19.1 Å². The Bertz CT molecular complexity index is 172. The van der Waals surface area contributed by atoms with Gasteiger partial charge in [-0.05, 0) is 39.0 Å². The van der Waals surface area contributed by atoms with Crippen LogP contribution in [0, 0.1) is 0 Å². The zero-order valence-corrected chi connectivity index (χ0v) is 12.7. The Labute approximate surface area is 115 Å². The highest BCUT2D eigenvalue weighted by Crippen LogP contribution is 2.09. The second-order valence-corrected chi connectivity index (χ2v) is 5.51. The molecule has 0 aromatic heterocycles. The quantitative estimate of drug-likeness (QED) is 0.334. The topological polar surface area (TPSA) is 20.2 Å². The molecule has 0 saturated heterocycles. The maximum Gasteiger partial charge on any atom is 0.0512 e. The van der Waals surface area contributed by atoms with Crippen LogP contribution in [0.1, 0.15) is 90.9 Å². The molecule has 1 heteroatoms. The minimum Gasteiger partial charge on any atom is -0.393 e. The molecule has 18 heavy (non-hydrogen) atoms. The second kappa shape index (κ2) is 14.8. The van der Waals surface area contributed by atoms with Crippen molar-refractivity contribution in [2.45, 2.75) is 97.0 Å². The average Bonchev–Trinajstić information content (AvgIpc) is 2.34. The van der Waals surface area contributed by atoms with Crippen LogP contribution in [0.25, 0.3) is 0 Å². The van der Waals surface area contributed by atoms with Crippen LogP contribution in [0.15, 0.2) is 12.2 Å². The number of allylic oxidation sites excluding steroid dienone is 2. The Morgan fingerprint density at radius 1 is 0.778 bits per heavy atom. The molecule has 0 heterocycles. The molecule has 0 bridgehead atoms. The predicted octanol–water partition coefficient (Wildman–Crippen LogP) is 5.62. The standard InChI is InChI=1S/C17H34O/c1-3-4-5-6-7-8-9-10-11-12-13-14-15-16-17(2)18/h10-11,17-18H,3-9,12-16H2,1-2H3/b11-10-/t17-/m1/s1. The van der Waals surface area contributed by atoms with Gasteiger partial charge < -0.3 is 5.11 Å². The molecule has 0 aromatic carbocycles. The van der Waals surface area contributed by atoms with Crippen molar-refractivity contribution in [2.75, 3.05) is 0 Å². The SMILES string of the molecule is CCCCCCCC/C=C\CCCCC[C@@H](C)O. The fraction of sp³-hybridized carbons (Fsp3) is 0.882. The van der Waals surface area contributed by atoms with Gasteiger partial charge in [-0.2, -0.15) is 0 Å². The highest BCUT2D eigenvalue weighted by atomic mass is 16.3. The van der Waals surface area contributed by atoms with Crippen LogP contribution in [-0.4, -0.2) is 11.2 Å². The van der Waals surface area contributed by atoms with Crippen LogP contribution in [0.2, 0.25) is 0 Å². The van der Waals surface area contributed by atoms with E-state index in [9.17, 15) is 0 Å². The summed E-state index contributed by atoms with van der Waals surface area (Å²) in [7, 11) is 0. The zero-order valence-electron chi connectivity index (χ0n) is 12.7. The Hall–Kier alpha value is -0.300. The normalized spacial score (nSPS) is 13.3. The lowest BCUT2D eigenvalue weighted by Gasteiger charge is -2.02. The first kappa shape index (κ1) is 17.7. The number of unbranched alkanes of at least 4 members (excludes halogenated alkanes) is 9. The molecule has 0 aliphatic heterocycles. The van der Waals surface area contributed by atoms with Gasteiger partial charge in [0.25, 0.3) is 0 Å². The molecule has 0 radical (unpaired) electrons. The zero-order chi connectivity index (χ0) is 13.5. The molecule has 0 fully saturated rings. The smallest absolute Gasteiger partial charge is 0.0512 e. The summed E-state index contributed by atoms with van der Waals surface area (Å²) in [5.41, 5.74) is 0. The molecule has 0 aromatic rings. The maximum absolute atomic E-state index is 9.12. The Balaban J connectivity index is 3.05. The third kappa shape index (κ3) is 15.7. The van der Waals surface area contributed by atoms with Gasteiger partial charge in [-0.3, -0.25) is 0 Å². The maximum atomic E-state index is 9.12. The Morgan fingerprint density at radius 3 is 1.83 bits per heavy atom. The van der Waals surface area contributed by atoms with Gasteiger partial charge in [0.1, 0.15) is 0 Å². The van der Waals surface area contributed by atoms with Crippen LogP contribution in [-0.2, 0) is 0 Å². The van der Waals surface area contributed by atoms with Gasteiger partial charge in [-0.15, -0.1) is 0 Å². The predicted molar refractivity (Wildman–Crippen MR) is 81.9 cm³/mol. The summed E-state index contributed by atoms with van der Waals surface area (Å²) in [4.78, 5) is 0. The molecule has 0 aliphatic rings. The minimum absolute atomic E-state index is 0.117. The number of rotatable bonds is 13.